The van der Waals surface area contributed by atoms with Crippen molar-refractivity contribution in [2.24, 2.45) is 0 Å². The van der Waals surface area contributed by atoms with Crippen LogP contribution in [0.5, 0.6) is 0 Å². The second kappa shape index (κ2) is 7.49. The molecule has 3 heterocycles. The Morgan fingerprint density at radius 2 is 2.08 bits per heavy atom. The van der Waals surface area contributed by atoms with Crippen LogP contribution in [-0.2, 0) is 13.0 Å². The van der Waals surface area contributed by atoms with Gasteiger partial charge in [0.1, 0.15) is 11.3 Å². The molecule has 0 saturated carbocycles. The van der Waals surface area contributed by atoms with Gasteiger partial charge in [0.05, 0.1) is 15.7 Å². The van der Waals surface area contributed by atoms with Gasteiger partial charge in [-0.25, -0.2) is 9.97 Å². The van der Waals surface area contributed by atoms with E-state index in [2.05, 4.69) is 34.8 Å². The first-order chi connectivity index (χ1) is 11.7. The van der Waals surface area contributed by atoms with E-state index in [1.54, 1.807) is 11.3 Å². The van der Waals surface area contributed by atoms with Crippen LogP contribution in [0.2, 0.25) is 0 Å². The molecule has 0 fully saturated rings. The van der Waals surface area contributed by atoms with Crippen LogP contribution in [0.3, 0.4) is 0 Å². The number of aromatic nitrogens is 3. The third kappa shape index (κ3) is 3.26. The molecule has 3 aromatic rings. The first kappa shape index (κ1) is 17.2. The molecule has 130 valence electrons. The lowest BCUT2D eigenvalue weighted by molar-refractivity contribution is 0.576. The van der Waals surface area contributed by atoms with Gasteiger partial charge in [0, 0.05) is 17.8 Å². The zero-order valence-corrected chi connectivity index (χ0v) is 15.7. The summed E-state index contributed by atoms with van der Waals surface area (Å²) in [7, 11) is 2.00. The summed E-state index contributed by atoms with van der Waals surface area (Å²) in [5.41, 5.74) is 9.29. The quantitative estimate of drug-likeness (QED) is 0.608. The van der Waals surface area contributed by atoms with Crippen molar-refractivity contribution in [3.05, 3.63) is 16.8 Å². The number of hydrogen-bond donors (Lipinski definition) is 2. The van der Waals surface area contributed by atoms with E-state index in [1.807, 2.05) is 7.05 Å². The number of aryl methyl sites for hydroxylation is 3. The normalized spacial score (nSPS) is 11.8. The van der Waals surface area contributed by atoms with Gasteiger partial charge in [-0.3, -0.25) is 0 Å². The number of rotatable bonds is 8. The van der Waals surface area contributed by atoms with Gasteiger partial charge >= 0.3 is 0 Å². The van der Waals surface area contributed by atoms with Crippen molar-refractivity contribution in [1.29, 1.82) is 0 Å². The van der Waals surface area contributed by atoms with Crippen LogP contribution < -0.4 is 11.1 Å². The lowest BCUT2D eigenvalue weighted by Gasteiger charge is -2.09. The van der Waals surface area contributed by atoms with E-state index in [0.717, 1.165) is 55.6 Å². The summed E-state index contributed by atoms with van der Waals surface area (Å²) >= 11 is 1.79. The Bertz CT molecular complexity index is 833. The summed E-state index contributed by atoms with van der Waals surface area (Å²) in [6.07, 6.45) is 5.63. The highest BCUT2D eigenvalue weighted by molar-refractivity contribution is 7.19. The molecule has 0 atom stereocenters. The minimum Gasteiger partial charge on any atom is -0.382 e. The molecule has 0 spiro atoms. The molecule has 0 saturated heterocycles. The molecule has 0 amide bonds. The first-order valence-electron chi connectivity index (χ1n) is 8.85. The van der Waals surface area contributed by atoms with Gasteiger partial charge in [-0.05, 0) is 45.8 Å². The summed E-state index contributed by atoms with van der Waals surface area (Å²) in [6.45, 7) is 6.39. The molecule has 0 bridgehead atoms. The molecule has 0 aliphatic heterocycles. The van der Waals surface area contributed by atoms with Crippen molar-refractivity contribution in [2.75, 3.05) is 19.3 Å². The van der Waals surface area contributed by atoms with Crippen LogP contribution in [0.25, 0.3) is 21.3 Å². The Hall–Kier alpha value is -1.66. The molecule has 0 aromatic carbocycles. The fourth-order valence-corrected chi connectivity index (χ4v) is 4.19. The lowest BCUT2D eigenvalue weighted by Crippen LogP contribution is -2.10. The van der Waals surface area contributed by atoms with Gasteiger partial charge in [0.15, 0.2) is 5.82 Å². The summed E-state index contributed by atoms with van der Waals surface area (Å²) in [5.74, 6) is 1.71. The van der Waals surface area contributed by atoms with Gasteiger partial charge in [0.25, 0.3) is 0 Å². The zero-order valence-electron chi connectivity index (χ0n) is 14.9. The fraction of sp³-hybridized carbons (Fsp3) is 0.556. The summed E-state index contributed by atoms with van der Waals surface area (Å²) in [5, 5.41) is 3.22. The number of fused-ring (bicyclic) bond motifs is 3. The van der Waals surface area contributed by atoms with Crippen LogP contribution in [0.4, 0.5) is 5.82 Å². The smallest absolute Gasteiger partial charge is 0.152 e. The van der Waals surface area contributed by atoms with Crippen molar-refractivity contribution in [3.63, 3.8) is 0 Å². The zero-order chi connectivity index (χ0) is 17.1. The largest absolute Gasteiger partial charge is 0.382 e. The molecule has 0 unspecified atom stereocenters. The van der Waals surface area contributed by atoms with Crippen LogP contribution in [0.15, 0.2) is 6.07 Å². The number of unbranched alkanes of at least 4 members (excludes halogenated alkanes) is 2. The summed E-state index contributed by atoms with van der Waals surface area (Å²) < 4.78 is 3.62. The number of nitrogen functional groups attached to an aromatic ring is 1. The molecule has 0 aliphatic carbocycles. The second-order valence-corrected chi connectivity index (χ2v) is 7.62. The Labute approximate surface area is 147 Å². The number of hydrogen-bond acceptors (Lipinski definition) is 5. The topological polar surface area (TPSA) is 68.8 Å². The third-order valence-electron chi connectivity index (χ3n) is 4.39. The van der Waals surface area contributed by atoms with Crippen LogP contribution in [0, 0.1) is 6.92 Å². The average molecular weight is 346 g/mol. The molecule has 0 radical (unpaired) electrons. The number of nitrogens with two attached hydrogens (primary N) is 1. The maximum Gasteiger partial charge on any atom is 0.152 e. The van der Waals surface area contributed by atoms with E-state index in [1.165, 1.54) is 21.5 Å². The van der Waals surface area contributed by atoms with Gasteiger partial charge in [-0.2, -0.15) is 0 Å². The van der Waals surface area contributed by atoms with Crippen LogP contribution in [0.1, 0.15) is 43.3 Å². The van der Waals surface area contributed by atoms with Crippen molar-refractivity contribution < 1.29 is 0 Å². The highest BCUT2D eigenvalue weighted by atomic mass is 32.1. The molecule has 3 rings (SSSR count). The lowest BCUT2D eigenvalue weighted by atomic mass is 10.2. The van der Waals surface area contributed by atoms with E-state index in [0.29, 0.717) is 5.82 Å². The second-order valence-electron chi connectivity index (χ2n) is 6.36. The minimum absolute atomic E-state index is 0.557. The molecule has 3 aromatic heterocycles. The van der Waals surface area contributed by atoms with E-state index in [-0.39, 0.29) is 0 Å². The van der Waals surface area contributed by atoms with Crippen molar-refractivity contribution in [2.45, 2.75) is 52.5 Å². The Kier molecular flexibility index (Phi) is 5.36. The molecule has 6 heteroatoms. The van der Waals surface area contributed by atoms with E-state index < -0.39 is 0 Å². The van der Waals surface area contributed by atoms with Crippen molar-refractivity contribution in [1.82, 2.24) is 19.9 Å². The molecule has 5 nitrogen and oxygen atoms in total. The summed E-state index contributed by atoms with van der Waals surface area (Å²) in [6, 6.07) is 2.12. The van der Waals surface area contributed by atoms with E-state index in [9.17, 15) is 0 Å². The number of nitrogens with one attached hydrogen (secondary N) is 1. The average Bonchev–Trinajstić information content (AvgIpc) is 3.10. The maximum atomic E-state index is 6.23. The Balaban J connectivity index is 2.10. The number of pyridine rings is 1. The Morgan fingerprint density at radius 1 is 1.25 bits per heavy atom. The first-order valence-corrected chi connectivity index (χ1v) is 9.66. The maximum absolute atomic E-state index is 6.23. The van der Waals surface area contributed by atoms with E-state index in [4.69, 9.17) is 10.7 Å². The SMILES string of the molecule is CCCCc1nc2c(N)nc3cc(C)sc3c2n1CCCCNC. The monoisotopic (exact) mass is 345 g/mol. The van der Waals surface area contributed by atoms with Gasteiger partial charge in [0.2, 0.25) is 0 Å². The molecular weight excluding hydrogens is 318 g/mol. The highest BCUT2D eigenvalue weighted by Gasteiger charge is 2.18. The minimum atomic E-state index is 0.557. The van der Waals surface area contributed by atoms with Gasteiger partial charge < -0.3 is 15.6 Å². The predicted molar refractivity (Wildman–Crippen MR) is 104 cm³/mol. The van der Waals surface area contributed by atoms with Crippen molar-refractivity contribution in [3.8, 4) is 0 Å². The number of anilines is 1. The van der Waals surface area contributed by atoms with Gasteiger partial charge in [-0.1, -0.05) is 13.3 Å². The Morgan fingerprint density at radius 3 is 2.83 bits per heavy atom. The fourth-order valence-electron chi connectivity index (χ4n) is 3.18. The van der Waals surface area contributed by atoms with Crippen LogP contribution >= 0.6 is 11.3 Å². The molecule has 24 heavy (non-hydrogen) atoms. The van der Waals surface area contributed by atoms with E-state index >= 15 is 0 Å². The molecular formula is C18H27N5S. The highest BCUT2D eigenvalue weighted by Crippen LogP contribution is 2.34. The standard InChI is InChI=1S/C18H27N5S/c1-4-5-8-14-22-15-16(23(14)10-7-6-9-20-3)17-13(21-18(15)19)11-12(2)24-17/h11,20H,4-10H2,1-3H3,(H2,19,21). The number of imidazole rings is 1. The summed E-state index contributed by atoms with van der Waals surface area (Å²) in [4.78, 5) is 10.7. The number of nitrogens with zero attached hydrogens (tertiary/aromatic N) is 3. The van der Waals surface area contributed by atoms with Gasteiger partial charge in [-0.15, -0.1) is 11.3 Å². The van der Waals surface area contributed by atoms with Crippen molar-refractivity contribution >= 4 is 38.4 Å². The third-order valence-corrected chi connectivity index (χ3v) is 5.44. The predicted octanol–water partition coefficient (Wildman–Crippen LogP) is 3.88. The van der Waals surface area contributed by atoms with Crippen LogP contribution in [-0.4, -0.2) is 28.1 Å². The molecule has 0 aliphatic rings. The molecule has 3 N–H and O–H groups in total. The number of thiophene rings is 1.